The summed E-state index contributed by atoms with van der Waals surface area (Å²) in [5.41, 5.74) is 8.42. The van der Waals surface area contributed by atoms with Crippen LogP contribution in [0.5, 0.6) is 0 Å². The number of anilines is 1. The van der Waals surface area contributed by atoms with Crippen LogP contribution in [0.2, 0.25) is 0 Å². The first kappa shape index (κ1) is 14.4. The van der Waals surface area contributed by atoms with Crippen molar-refractivity contribution in [1.29, 1.82) is 0 Å². The maximum Gasteiger partial charge on any atom is 0.0444 e. The number of benzene rings is 1. The van der Waals surface area contributed by atoms with Crippen molar-refractivity contribution in [2.75, 3.05) is 32.1 Å². The molecule has 0 aliphatic heterocycles. The Morgan fingerprint density at radius 1 is 1.26 bits per heavy atom. The molecular formula is C16H27N3. The van der Waals surface area contributed by atoms with Gasteiger partial charge in [-0.15, -0.1) is 0 Å². The molecule has 2 unspecified atom stereocenters. The third-order valence-electron chi connectivity index (χ3n) is 4.16. The van der Waals surface area contributed by atoms with Gasteiger partial charge in [-0.3, -0.25) is 0 Å². The van der Waals surface area contributed by atoms with E-state index in [4.69, 9.17) is 5.73 Å². The first-order valence-electron chi connectivity index (χ1n) is 7.32. The maximum atomic E-state index is 5.91. The first-order chi connectivity index (χ1) is 9.11. The van der Waals surface area contributed by atoms with Crippen LogP contribution >= 0.6 is 0 Å². The molecule has 0 aromatic heterocycles. The summed E-state index contributed by atoms with van der Waals surface area (Å²) in [7, 11) is 4.12. The van der Waals surface area contributed by atoms with Gasteiger partial charge in [0.1, 0.15) is 0 Å². The summed E-state index contributed by atoms with van der Waals surface area (Å²) >= 11 is 0. The standard InChI is InChI=1S/C16H27N3/c1-12(13-4-5-13)11-18-16(10-17)14-6-8-15(9-7-14)19(2)3/h6-9,12-13,16,18H,4-5,10-11,17H2,1-3H3. The lowest BCUT2D eigenvalue weighted by Crippen LogP contribution is -2.32. The Kier molecular flexibility index (Phi) is 4.83. The summed E-state index contributed by atoms with van der Waals surface area (Å²) in [6.45, 7) is 4.06. The zero-order chi connectivity index (χ0) is 13.8. The fraction of sp³-hybridized carbons (Fsp3) is 0.625. The number of hydrogen-bond acceptors (Lipinski definition) is 3. The van der Waals surface area contributed by atoms with Crippen LogP contribution in [-0.2, 0) is 0 Å². The van der Waals surface area contributed by atoms with E-state index in [1.54, 1.807) is 0 Å². The number of nitrogens with zero attached hydrogens (tertiary/aromatic N) is 1. The van der Waals surface area contributed by atoms with Gasteiger partial charge in [-0.1, -0.05) is 19.1 Å². The maximum absolute atomic E-state index is 5.91. The molecule has 106 valence electrons. The monoisotopic (exact) mass is 261 g/mol. The van der Waals surface area contributed by atoms with E-state index < -0.39 is 0 Å². The Labute approximate surface area is 117 Å². The van der Waals surface area contributed by atoms with E-state index in [9.17, 15) is 0 Å². The van der Waals surface area contributed by atoms with E-state index in [2.05, 4.69) is 55.5 Å². The van der Waals surface area contributed by atoms with Gasteiger partial charge >= 0.3 is 0 Å². The SMILES string of the molecule is CC(CNC(CN)c1ccc(N(C)C)cc1)C1CC1. The van der Waals surface area contributed by atoms with Crippen LogP contribution in [-0.4, -0.2) is 27.2 Å². The van der Waals surface area contributed by atoms with Gasteiger partial charge in [-0.05, 0) is 48.9 Å². The largest absolute Gasteiger partial charge is 0.378 e. The number of nitrogens with two attached hydrogens (primary N) is 1. The molecular weight excluding hydrogens is 234 g/mol. The molecule has 1 aliphatic rings. The van der Waals surface area contributed by atoms with Crippen molar-refractivity contribution in [3.05, 3.63) is 29.8 Å². The van der Waals surface area contributed by atoms with Crippen LogP contribution in [0.25, 0.3) is 0 Å². The number of hydrogen-bond donors (Lipinski definition) is 2. The molecule has 1 aromatic rings. The molecule has 0 spiro atoms. The minimum atomic E-state index is 0.275. The van der Waals surface area contributed by atoms with Gasteiger partial charge in [0.2, 0.25) is 0 Å². The van der Waals surface area contributed by atoms with E-state index in [1.807, 2.05) is 0 Å². The van der Waals surface area contributed by atoms with E-state index in [0.29, 0.717) is 6.54 Å². The lowest BCUT2D eigenvalue weighted by atomic mass is 10.0. The van der Waals surface area contributed by atoms with Gasteiger partial charge in [0.15, 0.2) is 0 Å². The highest BCUT2D eigenvalue weighted by atomic mass is 15.1. The summed E-state index contributed by atoms with van der Waals surface area (Å²) in [4.78, 5) is 2.11. The van der Waals surface area contributed by atoms with Crippen LogP contribution in [0.3, 0.4) is 0 Å². The van der Waals surface area contributed by atoms with E-state index in [1.165, 1.54) is 24.1 Å². The summed E-state index contributed by atoms with van der Waals surface area (Å²) < 4.78 is 0. The molecule has 0 heterocycles. The fourth-order valence-electron chi connectivity index (χ4n) is 2.50. The lowest BCUT2D eigenvalue weighted by molar-refractivity contribution is 0.423. The Hall–Kier alpha value is -1.06. The zero-order valence-corrected chi connectivity index (χ0v) is 12.4. The molecule has 3 nitrogen and oxygen atoms in total. The normalized spacial score (nSPS) is 18.1. The van der Waals surface area contributed by atoms with Crippen molar-refractivity contribution in [1.82, 2.24) is 5.32 Å². The topological polar surface area (TPSA) is 41.3 Å². The molecule has 1 aromatic carbocycles. The highest BCUT2D eigenvalue weighted by molar-refractivity contribution is 5.46. The molecule has 3 heteroatoms. The van der Waals surface area contributed by atoms with Crippen LogP contribution < -0.4 is 16.0 Å². The zero-order valence-electron chi connectivity index (χ0n) is 12.4. The average molecular weight is 261 g/mol. The van der Waals surface area contributed by atoms with Crippen molar-refractivity contribution in [2.24, 2.45) is 17.6 Å². The molecule has 3 N–H and O–H groups in total. The summed E-state index contributed by atoms with van der Waals surface area (Å²) in [6.07, 6.45) is 2.82. The summed E-state index contributed by atoms with van der Waals surface area (Å²) in [5.74, 6) is 1.72. The van der Waals surface area contributed by atoms with E-state index >= 15 is 0 Å². The molecule has 2 rings (SSSR count). The molecule has 0 bridgehead atoms. The van der Waals surface area contributed by atoms with E-state index in [-0.39, 0.29) is 6.04 Å². The summed E-state index contributed by atoms with van der Waals surface area (Å²) in [5, 5.41) is 3.62. The predicted molar refractivity (Wildman–Crippen MR) is 82.5 cm³/mol. The van der Waals surface area contributed by atoms with Gasteiger partial charge in [-0.2, -0.15) is 0 Å². The Bertz CT molecular complexity index is 381. The molecule has 1 saturated carbocycles. The second-order valence-corrected chi connectivity index (χ2v) is 6.00. The molecule has 1 aliphatic carbocycles. The van der Waals surface area contributed by atoms with Crippen LogP contribution in [0, 0.1) is 11.8 Å². The van der Waals surface area contributed by atoms with Crippen LogP contribution in [0.15, 0.2) is 24.3 Å². The lowest BCUT2D eigenvalue weighted by Gasteiger charge is -2.21. The highest BCUT2D eigenvalue weighted by Crippen LogP contribution is 2.36. The Morgan fingerprint density at radius 2 is 1.89 bits per heavy atom. The van der Waals surface area contributed by atoms with Gasteiger partial charge in [0.25, 0.3) is 0 Å². The van der Waals surface area contributed by atoms with Crippen LogP contribution in [0.4, 0.5) is 5.69 Å². The van der Waals surface area contributed by atoms with Crippen LogP contribution in [0.1, 0.15) is 31.4 Å². The van der Waals surface area contributed by atoms with E-state index in [0.717, 1.165) is 18.4 Å². The summed E-state index contributed by atoms with van der Waals surface area (Å²) in [6, 6.07) is 8.95. The molecule has 0 radical (unpaired) electrons. The average Bonchev–Trinajstić information content (AvgIpc) is 3.24. The number of nitrogens with one attached hydrogen (secondary N) is 1. The highest BCUT2D eigenvalue weighted by Gasteiger charge is 2.27. The molecule has 1 fully saturated rings. The minimum Gasteiger partial charge on any atom is -0.378 e. The van der Waals surface area contributed by atoms with Crippen molar-refractivity contribution in [3.8, 4) is 0 Å². The Morgan fingerprint density at radius 3 is 2.37 bits per heavy atom. The second-order valence-electron chi connectivity index (χ2n) is 6.00. The van der Waals surface area contributed by atoms with Gasteiger partial charge < -0.3 is 16.0 Å². The second kappa shape index (κ2) is 6.40. The van der Waals surface area contributed by atoms with Gasteiger partial charge in [0.05, 0.1) is 0 Å². The van der Waals surface area contributed by atoms with Crippen molar-refractivity contribution >= 4 is 5.69 Å². The first-order valence-corrected chi connectivity index (χ1v) is 7.32. The quantitative estimate of drug-likeness (QED) is 0.792. The van der Waals surface area contributed by atoms with Crippen molar-refractivity contribution in [2.45, 2.75) is 25.8 Å². The third kappa shape index (κ3) is 3.95. The predicted octanol–water partition coefficient (Wildman–Crippen LogP) is 2.39. The van der Waals surface area contributed by atoms with Crippen molar-refractivity contribution < 1.29 is 0 Å². The van der Waals surface area contributed by atoms with Crippen molar-refractivity contribution in [3.63, 3.8) is 0 Å². The Balaban J connectivity index is 1.92. The molecule has 2 atom stereocenters. The molecule has 0 saturated heterocycles. The molecule has 0 amide bonds. The van der Waals surface area contributed by atoms with Gasteiger partial charge in [0, 0.05) is 32.4 Å². The smallest absolute Gasteiger partial charge is 0.0444 e. The minimum absolute atomic E-state index is 0.275. The number of rotatable bonds is 7. The fourth-order valence-corrected chi connectivity index (χ4v) is 2.50. The molecule has 19 heavy (non-hydrogen) atoms. The van der Waals surface area contributed by atoms with Gasteiger partial charge in [-0.25, -0.2) is 0 Å². The third-order valence-corrected chi connectivity index (χ3v) is 4.16.